The minimum Gasteiger partial charge on any atom is -0.422 e. The van der Waals surface area contributed by atoms with Crippen molar-refractivity contribution < 1.29 is 22.7 Å². The van der Waals surface area contributed by atoms with Crippen molar-refractivity contribution in [2.45, 2.75) is 4.90 Å². The van der Waals surface area contributed by atoms with Gasteiger partial charge in [0, 0.05) is 21.3 Å². The SMILES string of the molecule is O=C(NN=Cc1cc(Br)ccc1OC(=O)c1ccccc1Cl)c1ccc(NS(=O)(=O)c2ccccc2)cc1. The Bertz CT molecular complexity index is 1610. The van der Waals surface area contributed by atoms with Gasteiger partial charge in [0.2, 0.25) is 0 Å². The number of halogens is 2. The van der Waals surface area contributed by atoms with Crippen molar-refractivity contribution >= 4 is 61.3 Å². The molecule has 0 bridgehead atoms. The van der Waals surface area contributed by atoms with Crippen LogP contribution in [0, 0.1) is 0 Å². The van der Waals surface area contributed by atoms with Gasteiger partial charge in [0.1, 0.15) is 5.75 Å². The van der Waals surface area contributed by atoms with E-state index in [1.54, 1.807) is 60.7 Å². The van der Waals surface area contributed by atoms with Gasteiger partial charge < -0.3 is 4.74 Å². The summed E-state index contributed by atoms with van der Waals surface area (Å²) < 4.78 is 33.6. The lowest BCUT2D eigenvalue weighted by atomic mass is 10.2. The molecule has 0 aliphatic carbocycles. The number of hydrogen-bond donors (Lipinski definition) is 2. The number of nitrogens with one attached hydrogen (secondary N) is 2. The highest BCUT2D eigenvalue weighted by Gasteiger charge is 2.15. The number of esters is 1. The zero-order chi connectivity index (χ0) is 27.1. The minimum atomic E-state index is -3.75. The van der Waals surface area contributed by atoms with Gasteiger partial charge in [-0.1, -0.05) is 57.9 Å². The quantitative estimate of drug-likeness (QED) is 0.112. The van der Waals surface area contributed by atoms with E-state index >= 15 is 0 Å². The number of hydrazone groups is 1. The summed E-state index contributed by atoms with van der Waals surface area (Å²) in [6.45, 7) is 0. The third-order valence-corrected chi connectivity index (χ3v) is 7.31. The minimum absolute atomic E-state index is 0.126. The maximum atomic E-state index is 12.6. The van der Waals surface area contributed by atoms with Crippen LogP contribution in [0.1, 0.15) is 26.3 Å². The molecule has 0 spiro atoms. The molecule has 8 nitrogen and oxygen atoms in total. The number of ether oxygens (including phenoxy) is 1. The maximum absolute atomic E-state index is 12.6. The Morgan fingerprint density at radius 2 is 1.58 bits per heavy atom. The van der Waals surface area contributed by atoms with Crippen molar-refractivity contribution in [3.05, 3.63) is 123 Å². The lowest BCUT2D eigenvalue weighted by Crippen LogP contribution is -2.18. The molecule has 0 fully saturated rings. The van der Waals surface area contributed by atoms with Gasteiger partial charge in [0.25, 0.3) is 15.9 Å². The van der Waals surface area contributed by atoms with Crippen LogP contribution in [0.4, 0.5) is 5.69 Å². The third kappa shape index (κ3) is 6.86. The first-order valence-electron chi connectivity index (χ1n) is 11.0. The van der Waals surface area contributed by atoms with Crippen LogP contribution in [0.15, 0.2) is 112 Å². The Kier molecular flexibility index (Phi) is 8.57. The topological polar surface area (TPSA) is 114 Å². The van der Waals surface area contributed by atoms with E-state index in [0.29, 0.717) is 15.7 Å². The zero-order valence-electron chi connectivity index (χ0n) is 19.5. The number of amides is 1. The van der Waals surface area contributed by atoms with E-state index in [0.717, 1.165) is 0 Å². The lowest BCUT2D eigenvalue weighted by molar-refractivity contribution is 0.0734. The van der Waals surface area contributed by atoms with Crippen molar-refractivity contribution in [2.75, 3.05) is 4.72 Å². The Hall–Kier alpha value is -3.99. The number of benzene rings is 4. The number of hydrogen-bond acceptors (Lipinski definition) is 6. The van der Waals surface area contributed by atoms with Crippen LogP contribution in [0.25, 0.3) is 0 Å². The van der Waals surface area contributed by atoms with Gasteiger partial charge in [-0.25, -0.2) is 18.6 Å². The largest absolute Gasteiger partial charge is 0.422 e. The summed E-state index contributed by atoms with van der Waals surface area (Å²) in [7, 11) is -3.75. The van der Waals surface area contributed by atoms with Crippen molar-refractivity contribution in [1.29, 1.82) is 0 Å². The van der Waals surface area contributed by atoms with E-state index in [1.165, 1.54) is 42.6 Å². The summed E-state index contributed by atoms with van der Waals surface area (Å²) >= 11 is 9.44. The predicted molar refractivity (Wildman–Crippen MR) is 149 cm³/mol. The molecule has 2 N–H and O–H groups in total. The molecular weight excluding hydrogens is 594 g/mol. The average molecular weight is 613 g/mol. The van der Waals surface area contributed by atoms with Crippen molar-refractivity contribution in [3.8, 4) is 5.75 Å². The first kappa shape index (κ1) is 27.1. The summed E-state index contributed by atoms with van der Waals surface area (Å²) in [5.74, 6) is -0.950. The van der Waals surface area contributed by atoms with E-state index < -0.39 is 21.9 Å². The van der Waals surface area contributed by atoms with Crippen LogP contribution >= 0.6 is 27.5 Å². The van der Waals surface area contributed by atoms with E-state index in [2.05, 4.69) is 31.2 Å². The van der Waals surface area contributed by atoms with Gasteiger partial charge in [-0.2, -0.15) is 5.10 Å². The summed E-state index contributed by atoms with van der Waals surface area (Å²) in [5, 5.41) is 4.22. The standard InChI is InChI=1S/C27H19BrClN3O5S/c28-20-12-15-25(37-27(34)23-8-4-5-9-24(23)29)19(16-20)17-30-31-26(33)18-10-13-21(14-11-18)32-38(35,36)22-6-2-1-3-7-22/h1-17,32H,(H,31,33). The molecule has 0 aliphatic heterocycles. The molecule has 0 unspecified atom stereocenters. The molecule has 0 heterocycles. The van der Waals surface area contributed by atoms with Gasteiger partial charge >= 0.3 is 5.97 Å². The molecule has 0 aliphatic rings. The van der Waals surface area contributed by atoms with Crippen LogP contribution < -0.4 is 14.9 Å². The van der Waals surface area contributed by atoms with E-state index in [9.17, 15) is 18.0 Å². The monoisotopic (exact) mass is 611 g/mol. The Morgan fingerprint density at radius 1 is 0.895 bits per heavy atom. The lowest BCUT2D eigenvalue weighted by Gasteiger charge is -2.09. The molecule has 0 atom stereocenters. The molecular formula is C27H19BrClN3O5S. The van der Waals surface area contributed by atoms with E-state index in [1.807, 2.05) is 0 Å². The highest BCUT2D eigenvalue weighted by molar-refractivity contribution is 9.10. The number of nitrogens with zero attached hydrogens (tertiary/aromatic N) is 1. The second kappa shape index (κ2) is 12.0. The fourth-order valence-electron chi connectivity index (χ4n) is 3.22. The molecule has 38 heavy (non-hydrogen) atoms. The molecule has 0 saturated heterocycles. The molecule has 4 aromatic rings. The Labute approximate surface area is 232 Å². The molecule has 1 amide bonds. The average Bonchev–Trinajstić information content (AvgIpc) is 2.91. The zero-order valence-corrected chi connectivity index (χ0v) is 22.6. The van der Waals surface area contributed by atoms with Crippen LogP contribution in [-0.4, -0.2) is 26.5 Å². The van der Waals surface area contributed by atoms with Crippen molar-refractivity contribution in [1.82, 2.24) is 5.43 Å². The Morgan fingerprint density at radius 3 is 2.29 bits per heavy atom. The Balaban J connectivity index is 1.42. The highest BCUT2D eigenvalue weighted by atomic mass is 79.9. The summed E-state index contributed by atoms with van der Waals surface area (Å²) in [6, 6.07) is 25.3. The van der Waals surface area contributed by atoms with Crippen LogP contribution in [0.5, 0.6) is 5.75 Å². The molecule has 0 saturated carbocycles. The first-order chi connectivity index (χ1) is 18.2. The van der Waals surface area contributed by atoms with Crippen molar-refractivity contribution in [2.24, 2.45) is 5.10 Å². The smallest absolute Gasteiger partial charge is 0.345 e. The predicted octanol–water partition coefficient (Wildman–Crippen LogP) is 5.89. The van der Waals surface area contributed by atoms with Crippen LogP contribution in [0.2, 0.25) is 5.02 Å². The molecule has 11 heteroatoms. The molecule has 192 valence electrons. The molecule has 0 radical (unpaired) electrons. The maximum Gasteiger partial charge on any atom is 0.345 e. The number of anilines is 1. The number of rotatable bonds is 8. The second-order valence-corrected chi connectivity index (χ2v) is 10.8. The molecule has 4 rings (SSSR count). The van der Waals surface area contributed by atoms with E-state index in [-0.39, 0.29) is 26.8 Å². The normalized spacial score (nSPS) is 11.2. The summed E-state index contributed by atoms with van der Waals surface area (Å²) in [6.07, 6.45) is 1.33. The number of carbonyl (C=O) groups excluding carboxylic acids is 2. The van der Waals surface area contributed by atoms with Gasteiger partial charge in [-0.3, -0.25) is 9.52 Å². The first-order valence-corrected chi connectivity index (χ1v) is 13.7. The fourth-order valence-corrected chi connectivity index (χ4v) is 4.89. The summed E-state index contributed by atoms with van der Waals surface area (Å²) in [4.78, 5) is 25.2. The second-order valence-electron chi connectivity index (χ2n) is 7.75. The molecule has 0 aromatic heterocycles. The van der Waals surface area contributed by atoms with Crippen LogP contribution in [-0.2, 0) is 10.0 Å². The number of carbonyl (C=O) groups is 2. The third-order valence-electron chi connectivity index (χ3n) is 5.09. The van der Waals surface area contributed by atoms with Gasteiger partial charge in [0.15, 0.2) is 0 Å². The van der Waals surface area contributed by atoms with Gasteiger partial charge in [0.05, 0.1) is 21.7 Å². The van der Waals surface area contributed by atoms with Gasteiger partial charge in [-0.15, -0.1) is 0 Å². The van der Waals surface area contributed by atoms with Gasteiger partial charge in [-0.05, 0) is 66.7 Å². The van der Waals surface area contributed by atoms with Crippen molar-refractivity contribution in [3.63, 3.8) is 0 Å². The number of sulfonamides is 1. The summed E-state index contributed by atoms with van der Waals surface area (Å²) in [5.41, 5.74) is 3.58. The molecule has 4 aromatic carbocycles. The highest BCUT2D eigenvalue weighted by Crippen LogP contribution is 2.24. The fraction of sp³-hybridized carbons (Fsp3) is 0. The van der Waals surface area contributed by atoms with E-state index in [4.69, 9.17) is 16.3 Å². The van der Waals surface area contributed by atoms with Crippen LogP contribution in [0.3, 0.4) is 0 Å².